The van der Waals surface area contributed by atoms with Crippen LogP contribution in [0.15, 0.2) is 55.4 Å². The van der Waals surface area contributed by atoms with Crippen LogP contribution < -0.4 is 16.0 Å². The zero-order chi connectivity index (χ0) is 41.0. The number of hydrogen-bond acceptors (Lipinski definition) is 8. The molecule has 2 N–H and O–H groups in total. The number of imide groups is 1. The highest BCUT2D eigenvalue weighted by molar-refractivity contribution is 6.24. The first-order valence-corrected chi connectivity index (χ1v) is 21.7. The van der Waals surface area contributed by atoms with Crippen molar-refractivity contribution in [3.63, 3.8) is 0 Å². The molecule has 8 bridgehead atoms. The van der Waals surface area contributed by atoms with Gasteiger partial charge in [0.25, 0.3) is 5.91 Å². The molecule has 0 aliphatic carbocycles. The van der Waals surface area contributed by atoms with Gasteiger partial charge in [-0.3, -0.25) is 24.3 Å². The van der Waals surface area contributed by atoms with Crippen LogP contribution in [-0.2, 0) is 30.3 Å². The van der Waals surface area contributed by atoms with Gasteiger partial charge in [-0.25, -0.2) is 4.99 Å². The number of aliphatic imine (C=N–C) groups is 2. The van der Waals surface area contributed by atoms with Gasteiger partial charge in [0.05, 0.1) is 47.9 Å². The number of likely N-dealkylation sites (tertiary alicyclic amines) is 1. The number of unbranched alkanes of at least 4 members (excludes halogenated alkanes) is 7. The summed E-state index contributed by atoms with van der Waals surface area (Å²) in [5.41, 5.74) is 9.85. The molecule has 5 atom stereocenters. The van der Waals surface area contributed by atoms with E-state index in [-0.39, 0.29) is 42.1 Å². The van der Waals surface area contributed by atoms with Crippen molar-refractivity contribution in [1.82, 2.24) is 15.2 Å². The zero-order valence-electron chi connectivity index (χ0n) is 35.9. The number of amides is 2. The van der Waals surface area contributed by atoms with Gasteiger partial charge in [0.15, 0.2) is 0 Å². The second kappa shape index (κ2) is 18.5. The Morgan fingerprint density at radius 2 is 1.65 bits per heavy atom. The monoisotopic (exact) mass is 779 g/mol. The number of carbonyl (C=O) groups excluding carboxylic acids is 3. The van der Waals surface area contributed by atoms with E-state index in [1.807, 2.05) is 6.92 Å². The van der Waals surface area contributed by atoms with Crippen LogP contribution in [-0.4, -0.2) is 71.5 Å². The standard InChI is InChI=1S/C47H65N5O5/c1-10-13-15-17-19-23-57-31(8)41-29(6)36-24-35-28(5)33(20-21-40(53)56-9)44(50-35)43-45-42(46(54)52(47(43)55)22-18-16-14-11-2)30(7)37(51-45)25-38-32(12-3)27(4)34(48-38)26-39(41)49-36/h24-26,28,31,33,42,45,48,51H,10-23H2,1-9H3/b34-26-,36-24-,38-25-,44-43+/t28-,31?,33-,42?,45?/m0/s1. The Hall–Kier alpha value is -4.31. The van der Waals surface area contributed by atoms with Crippen LogP contribution in [0.25, 0.3) is 12.2 Å². The summed E-state index contributed by atoms with van der Waals surface area (Å²) in [6.07, 6.45) is 17.3. The minimum Gasteiger partial charge on any atom is -0.469 e. The fourth-order valence-corrected chi connectivity index (χ4v) is 9.42. The molecule has 308 valence electrons. The summed E-state index contributed by atoms with van der Waals surface area (Å²) in [5, 5.41) is 5.64. The lowest BCUT2D eigenvalue weighted by molar-refractivity contribution is -0.148. The van der Waals surface area contributed by atoms with Gasteiger partial charge in [-0.1, -0.05) is 72.6 Å². The molecule has 6 rings (SSSR count). The number of carbonyl (C=O) groups is 3. The van der Waals surface area contributed by atoms with E-state index < -0.39 is 12.0 Å². The summed E-state index contributed by atoms with van der Waals surface area (Å²) in [5.74, 6) is -1.67. The zero-order valence-corrected chi connectivity index (χ0v) is 35.9. The number of nitrogens with zero attached hydrogens (tertiary/aromatic N) is 3. The molecule has 3 unspecified atom stereocenters. The number of hydrogen-bond donors (Lipinski definition) is 2. The lowest BCUT2D eigenvalue weighted by atomic mass is 9.79. The number of allylic oxidation sites excluding steroid dienone is 4. The van der Waals surface area contributed by atoms with E-state index >= 15 is 0 Å². The minimum absolute atomic E-state index is 0.125. The number of aromatic amines is 1. The summed E-state index contributed by atoms with van der Waals surface area (Å²) in [4.78, 5) is 57.7. The highest BCUT2D eigenvalue weighted by atomic mass is 16.5. The van der Waals surface area contributed by atoms with Crippen molar-refractivity contribution in [3.8, 4) is 0 Å². The van der Waals surface area contributed by atoms with Crippen LogP contribution in [0.3, 0.4) is 0 Å². The molecule has 0 radical (unpaired) electrons. The molecule has 10 nitrogen and oxygen atoms in total. The molecule has 1 aromatic rings. The molecule has 57 heavy (non-hydrogen) atoms. The largest absolute Gasteiger partial charge is 0.469 e. The Balaban J connectivity index is 1.55. The number of aromatic nitrogens is 1. The van der Waals surface area contributed by atoms with Crippen molar-refractivity contribution in [2.75, 3.05) is 20.3 Å². The van der Waals surface area contributed by atoms with Crippen LogP contribution in [0.1, 0.15) is 130 Å². The second-order valence-electron chi connectivity index (χ2n) is 16.6. The summed E-state index contributed by atoms with van der Waals surface area (Å²) < 4.78 is 11.6. The first-order chi connectivity index (χ1) is 27.4. The van der Waals surface area contributed by atoms with Crippen LogP contribution in [0.5, 0.6) is 0 Å². The molecule has 1 saturated heterocycles. The molecule has 5 aliphatic rings. The Morgan fingerprint density at radius 1 is 0.930 bits per heavy atom. The predicted octanol–water partition coefficient (Wildman–Crippen LogP) is 7.22. The van der Waals surface area contributed by atoms with Gasteiger partial charge >= 0.3 is 5.97 Å². The maximum Gasteiger partial charge on any atom is 0.305 e. The van der Waals surface area contributed by atoms with Crippen molar-refractivity contribution in [1.29, 1.82) is 0 Å². The fourth-order valence-electron chi connectivity index (χ4n) is 9.42. The van der Waals surface area contributed by atoms with Crippen LogP contribution in [0, 0.1) is 24.7 Å². The number of ether oxygens (including phenoxy) is 2. The average Bonchev–Trinajstić information content (AvgIpc) is 3.87. The SMILES string of the molecule is CCCCCCCOC(C)C1=C(C)/C2=C/C3=NC(=C4/C(=O)N(CCCCCC)C(=O)C5C(C)=C(/C=c6\[nH]/c(c(C)c6CC)=C\C1=N2)NC45)/[C@@H](CCC(=O)OC)[C@@H]3C. The van der Waals surface area contributed by atoms with Crippen molar-refractivity contribution < 1.29 is 23.9 Å². The quantitative estimate of drug-likeness (QED) is 0.0978. The molecule has 2 amide bonds. The molecule has 10 heteroatoms. The number of H-pyrrole nitrogens is 1. The van der Waals surface area contributed by atoms with Gasteiger partial charge < -0.3 is 19.8 Å². The van der Waals surface area contributed by atoms with Gasteiger partial charge in [-0.05, 0) is 93.9 Å². The van der Waals surface area contributed by atoms with Crippen LogP contribution in [0.2, 0.25) is 0 Å². The molecule has 5 aliphatic heterocycles. The molecular formula is C47H65N5O5. The lowest BCUT2D eigenvalue weighted by Gasteiger charge is -2.37. The number of esters is 1. The van der Waals surface area contributed by atoms with E-state index in [1.54, 1.807) is 0 Å². The molecule has 6 heterocycles. The van der Waals surface area contributed by atoms with E-state index in [1.165, 1.54) is 36.8 Å². The molecule has 0 spiro atoms. The van der Waals surface area contributed by atoms with Gasteiger partial charge in [0.2, 0.25) is 5.91 Å². The summed E-state index contributed by atoms with van der Waals surface area (Å²) in [6.45, 7) is 18.1. The van der Waals surface area contributed by atoms with E-state index in [4.69, 9.17) is 19.5 Å². The summed E-state index contributed by atoms with van der Waals surface area (Å²) >= 11 is 0. The number of rotatable bonds is 17. The van der Waals surface area contributed by atoms with Gasteiger partial charge in [0, 0.05) is 59.1 Å². The molecule has 0 saturated carbocycles. The third kappa shape index (κ3) is 8.48. The maximum atomic E-state index is 14.8. The van der Waals surface area contributed by atoms with Gasteiger partial charge in [-0.2, -0.15) is 0 Å². The van der Waals surface area contributed by atoms with Gasteiger partial charge in [-0.15, -0.1) is 0 Å². The summed E-state index contributed by atoms with van der Waals surface area (Å²) in [7, 11) is 1.40. The maximum absolute atomic E-state index is 14.8. The first kappa shape index (κ1) is 42.3. The average molecular weight is 780 g/mol. The molecule has 1 fully saturated rings. The van der Waals surface area contributed by atoms with E-state index in [2.05, 4.69) is 77.0 Å². The number of methoxy groups -OCH3 is 1. The third-order valence-corrected chi connectivity index (χ3v) is 12.9. The second-order valence-corrected chi connectivity index (χ2v) is 16.6. The highest BCUT2D eigenvalue weighted by Gasteiger charge is 2.52. The van der Waals surface area contributed by atoms with E-state index in [0.717, 1.165) is 101 Å². The Bertz CT molecular complexity index is 2080. The topological polar surface area (TPSA) is 125 Å². The Labute approximate surface area is 339 Å². The normalized spacial score (nSPS) is 26.8. The minimum atomic E-state index is -0.578. The third-order valence-electron chi connectivity index (χ3n) is 12.9. The molecule has 0 aromatic carbocycles. The predicted molar refractivity (Wildman–Crippen MR) is 228 cm³/mol. The molecule has 1 aromatic heterocycles. The number of fused-ring (bicyclic) bond motifs is 5. The highest BCUT2D eigenvalue weighted by Crippen LogP contribution is 2.44. The van der Waals surface area contributed by atoms with Crippen molar-refractivity contribution in [3.05, 3.63) is 67.3 Å². The number of piperidine rings is 1. The van der Waals surface area contributed by atoms with E-state index in [0.29, 0.717) is 30.8 Å². The Morgan fingerprint density at radius 3 is 2.35 bits per heavy atom. The van der Waals surface area contributed by atoms with Crippen molar-refractivity contribution in [2.45, 2.75) is 145 Å². The van der Waals surface area contributed by atoms with E-state index in [9.17, 15) is 14.4 Å². The first-order valence-electron chi connectivity index (χ1n) is 21.7. The van der Waals surface area contributed by atoms with Crippen LogP contribution in [0.4, 0.5) is 0 Å². The number of nitrogens with one attached hydrogen (secondary N) is 2. The fraction of sp³-hybridized carbons (Fsp3) is 0.596. The lowest BCUT2D eigenvalue weighted by Crippen LogP contribution is -2.55. The smallest absolute Gasteiger partial charge is 0.305 e. The summed E-state index contributed by atoms with van der Waals surface area (Å²) in [6, 6.07) is -0.578. The molecular weight excluding hydrogens is 715 g/mol. The van der Waals surface area contributed by atoms with Gasteiger partial charge in [0.1, 0.15) is 0 Å². The van der Waals surface area contributed by atoms with Crippen molar-refractivity contribution >= 4 is 41.4 Å². The van der Waals surface area contributed by atoms with Crippen molar-refractivity contribution in [2.24, 2.45) is 27.7 Å². The Kier molecular flexibility index (Phi) is 13.7. The van der Waals surface area contributed by atoms with Crippen LogP contribution >= 0.6 is 0 Å².